The number of hydrogen-bond acceptors (Lipinski definition) is 3. The first-order chi connectivity index (χ1) is 8.25. The molecule has 0 N–H and O–H groups in total. The molecule has 0 spiro atoms. The molecule has 0 unspecified atom stereocenters. The molecule has 0 aliphatic heterocycles. The third-order valence-electron chi connectivity index (χ3n) is 2.16. The SMILES string of the molecule is CC(=O)OC(=Cc1ccccc1)c1ccoc1. The van der Waals surface area contributed by atoms with Crippen LogP contribution < -0.4 is 0 Å². The molecule has 0 aliphatic carbocycles. The number of carbonyl (C=O) groups excluding carboxylic acids is 1. The fourth-order valence-electron chi connectivity index (χ4n) is 1.43. The maximum atomic E-state index is 11.0. The molecule has 0 radical (unpaired) electrons. The minimum absolute atomic E-state index is 0.353. The van der Waals surface area contributed by atoms with Gasteiger partial charge in [0.1, 0.15) is 12.0 Å². The second-order valence-electron chi connectivity index (χ2n) is 3.52. The van der Waals surface area contributed by atoms with Crippen LogP contribution in [0.2, 0.25) is 0 Å². The summed E-state index contributed by atoms with van der Waals surface area (Å²) in [5.41, 5.74) is 1.70. The van der Waals surface area contributed by atoms with Crippen molar-refractivity contribution < 1.29 is 13.9 Å². The van der Waals surface area contributed by atoms with Crippen molar-refractivity contribution in [3.8, 4) is 0 Å². The molecule has 2 aromatic rings. The van der Waals surface area contributed by atoms with Gasteiger partial charge in [0.25, 0.3) is 0 Å². The van der Waals surface area contributed by atoms with Gasteiger partial charge in [0.2, 0.25) is 0 Å². The van der Waals surface area contributed by atoms with Crippen molar-refractivity contribution in [2.24, 2.45) is 0 Å². The molecule has 0 saturated carbocycles. The van der Waals surface area contributed by atoms with Gasteiger partial charge in [0, 0.05) is 6.92 Å². The highest BCUT2D eigenvalue weighted by molar-refractivity contribution is 5.84. The molecule has 3 heteroatoms. The fraction of sp³-hybridized carbons (Fsp3) is 0.0714. The molecular formula is C14H12O3. The molecule has 0 bridgehead atoms. The smallest absolute Gasteiger partial charge is 0.308 e. The number of carbonyl (C=O) groups is 1. The lowest BCUT2D eigenvalue weighted by atomic mass is 10.1. The van der Waals surface area contributed by atoms with Gasteiger partial charge in [-0.05, 0) is 17.7 Å². The Hall–Kier alpha value is -2.29. The zero-order chi connectivity index (χ0) is 12.1. The van der Waals surface area contributed by atoms with Crippen LogP contribution in [0.5, 0.6) is 0 Å². The maximum Gasteiger partial charge on any atom is 0.308 e. The van der Waals surface area contributed by atoms with Gasteiger partial charge >= 0.3 is 5.97 Å². The minimum atomic E-state index is -0.353. The van der Waals surface area contributed by atoms with Gasteiger partial charge in [-0.15, -0.1) is 0 Å². The molecule has 17 heavy (non-hydrogen) atoms. The molecule has 1 aromatic carbocycles. The predicted molar refractivity (Wildman–Crippen MR) is 64.8 cm³/mol. The number of ether oxygens (including phenoxy) is 1. The van der Waals surface area contributed by atoms with Crippen LogP contribution in [0.4, 0.5) is 0 Å². The normalized spacial score (nSPS) is 11.2. The summed E-state index contributed by atoms with van der Waals surface area (Å²) in [5, 5.41) is 0. The lowest BCUT2D eigenvalue weighted by Crippen LogP contribution is -1.97. The Bertz CT molecular complexity index is 510. The second kappa shape index (κ2) is 5.16. The Morgan fingerprint density at radius 1 is 1.24 bits per heavy atom. The average Bonchev–Trinajstić information content (AvgIpc) is 2.82. The molecule has 0 amide bonds. The highest BCUT2D eigenvalue weighted by Crippen LogP contribution is 2.20. The van der Waals surface area contributed by atoms with Crippen molar-refractivity contribution in [1.82, 2.24) is 0 Å². The van der Waals surface area contributed by atoms with Gasteiger partial charge in [-0.3, -0.25) is 4.79 Å². The summed E-state index contributed by atoms with van der Waals surface area (Å²) in [5.74, 6) is 0.130. The molecular weight excluding hydrogens is 216 g/mol. The average molecular weight is 228 g/mol. The molecule has 86 valence electrons. The zero-order valence-electron chi connectivity index (χ0n) is 9.42. The number of benzene rings is 1. The monoisotopic (exact) mass is 228 g/mol. The van der Waals surface area contributed by atoms with E-state index in [1.54, 1.807) is 12.1 Å². The highest BCUT2D eigenvalue weighted by atomic mass is 16.5. The third-order valence-corrected chi connectivity index (χ3v) is 2.16. The molecule has 1 aromatic heterocycles. The number of esters is 1. The standard InChI is InChI=1S/C14H12O3/c1-11(15)17-14(13-7-8-16-10-13)9-12-5-3-2-4-6-12/h2-10H,1H3. The van der Waals surface area contributed by atoms with Crippen molar-refractivity contribution in [3.63, 3.8) is 0 Å². The van der Waals surface area contributed by atoms with E-state index in [-0.39, 0.29) is 5.97 Å². The predicted octanol–water partition coefficient (Wildman–Crippen LogP) is 3.34. The molecule has 2 rings (SSSR count). The van der Waals surface area contributed by atoms with Gasteiger partial charge in [0.15, 0.2) is 0 Å². The summed E-state index contributed by atoms with van der Waals surface area (Å²) < 4.78 is 10.1. The Morgan fingerprint density at radius 2 is 2.00 bits per heavy atom. The van der Waals surface area contributed by atoms with E-state index in [0.29, 0.717) is 5.76 Å². The van der Waals surface area contributed by atoms with Crippen molar-refractivity contribution in [2.45, 2.75) is 6.92 Å². The van der Waals surface area contributed by atoms with E-state index in [1.165, 1.54) is 19.5 Å². The summed E-state index contributed by atoms with van der Waals surface area (Å²) in [6, 6.07) is 11.4. The molecule has 1 heterocycles. The van der Waals surface area contributed by atoms with Crippen molar-refractivity contribution >= 4 is 17.8 Å². The van der Waals surface area contributed by atoms with Gasteiger partial charge < -0.3 is 9.15 Å². The summed E-state index contributed by atoms with van der Waals surface area (Å²) in [7, 11) is 0. The van der Waals surface area contributed by atoms with Crippen LogP contribution in [0.25, 0.3) is 11.8 Å². The Balaban J connectivity index is 2.34. The lowest BCUT2D eigenvalue weighted by Gasteiger charge is -2.04. The largest absolute Gasteiger partial charge is 0.472 e. The summed E-state index contributed by atoms with van der Waals surface area (Å²) in [6.45, 7) is 1.37. The second-order valence-corrected chi connectivity index (χ2v) is 3.52. The Kier molecular flexibility index (Phi) is 3.40. The quantitative estimate of drug-likeness (QED) is 0.597. The van der Waals surface area contributed by atoms with Crippen LogP contribution in [-0.4, -0.2) is 5.97 Å². The van der Waals surface area contributed by atoms with Crippen LogP contribution in [0.15, 0.2) is 53.3 Å². The van der Waals surface area contributed by atoms with Crippen molar-refractivity contribution in [1.29, 1.82) is 0 Å². The van der Waals surface area contributed by atoms with Gasteiger partial charge in [-0.2, -0.15) is 0 Å². The number of hydrogen-bond donors (Lipinski definition) is 0. The van der Waals surface area contributed by atoms with E-state index in [0.717, 1.165) is 11.1 Å². The van der Waals surface area contributed by atoms with Crippen LogP contribution in [-0.2, 0) is 9.53 Å². The van der Waals surface area contributed by atoms with E-state index in [2.05, 4.69) is 0 Å². The Labute approximate surface area is 99.3 Å². The maximum absolute atomic E-state index is 11.0. The topological polar surface area (TPSA) is 39.4 Å². The van der Waals surface area contributed by atoms with Gasteiger partial charge in [-0.1, -0.05) is 30.3 Å². The first-order valence-corrected chi connectivity index (χ1v) is 5.23. The summed E-state index contributed by atoms with van der Waals surface area (Å²) >= 11 is 0. The van der Waals surface area contributed by atoms with Gasteiger partial charge in [-0.25, -0.2) is 0 Å². The minimum Gasteiger partial charge on any atom is -0.472 e. The number of furan rings is 1. The van der Waals surface area contributed by atoms with Crippen molar-refractivity contribution in [3.05, 3.63) is 60.1 Å². The van der Waals surface area contributed by atoms with E-state index in [1.807, 2.05) is 30.3 Å². The van der Waals surface area contributed by atoms with Crippen LogP contribution >= 0.6 is 0 Å². The Morgan fingerprint density at radius 3 is 2.59 bits per heavy atom. The zero-order valence-corrected chi connectivity index (χ0v) is 9.42. The van der Waals surface area contributed by atoms with Crippen LogP contribution in [0.1, 0.15) is 18.1 Å². The fourth-order valence-corrected chi connectivity index (χ4v) is 1.43. The summed E-state index contributed by atoms with van der Waals surface area (Å²) in [6.07, 6.45) is 4.88. The number of rotatable bonds is 3. The van der Waals surface area contributed by atoms with Crippen molar-refractivity contribution in [2.75, 3.05) is 0 Å². The molecule has 0 aliphatic rings. The van der Waals surface area contributed by atoms with E-state index in [9.17, 15) is 4.79 Å². The molecule has 0 saturated heterocycles. The highest BCUT2D eigenvalue weighted by Gasteiger charge is 2.07. The third kappa shape index (κ3) is 3.08. The van der Waals surface area contributed by atoms with E-state index >= 15 is 0 Å². The first kappa shape index (κ1) is 11.2. The molecule has 0 fully saturated rings. The summed E-state index contributed by atoms with van der Waals surface area (Å²) in [4.78, 5) is 11.0. The van der Waals surface area contributed by atoms with Gasteiger partial charge in [0.05, 0.1) is 11.8 Å². The van der Waals surface area contributed by atoms with E-state index in [4.69, 9.17) is 9.15 Å². The van der Waals surface area contributed by atoms with Crippen LogP contribution in [0, 0.1) is 0 Å². The molecule has 0 atom stereocenters. The first-order valence-electron chi connectivity index (χ1n) is 5.23. The molecule has 3 nitrogen and oxygen atoms in total. The van der Waals surface area contributed by atoms with Crippen LogP contribution in [0.3, 0.4) is 0 Å². The lowest BCUT2D eigenvalue weighted by molar-refractivity contribution is -0.134. The van der Waals surface area contributed by atoms with E-state index < -0.39 is 0 Å².